The number of hydrogen-bond donors (Lipinski definition) is 1. The molecule has 0 atom stereocenters. The summed E-state index contributed by atoms with van der Waals surface area (Å²) in [4.78, 5) is 11.4. The van der Waals surface area contributed by atoms with E-state index in [4.69, 9.17) is 0 Å². The number of carbonyl (C=O) groups is 1. The van der Waals surface area contributed by atoms with Crippen LogP contribution >= 0.6 is 22.6 Å². The molecule has 1 N–H and O–H groups in total. The van der Waals surface area contributed by atoms with Gasteiger partial charge in [0.05, 0.1) is 6.54 Å². The van der Waals surface area contributed by atoms with Crippen molar-refractivity contribution in [1.82, 2.24) is 5.32 Å². The molecular weight excluding hydrogens is 289 g/mol. The quantitative estimate of drug-likeness (QED) is 0.657. The second kappa shape index (κ2) is 5.66. The highest BCUT2D eigenvalue weighted by atomic mass is 127. The maximum Gasteiger partial charge on any atom is 0.252 e. The summed E-state index contributed by atoms with van der Waals surface area (Å²) in [5.74, 6) is 5.42. The molecule has 0 spiro atoms. The minimum atomic E-state index is -0.0795. The lowest BCUT2D eigenvalue weighted by molar-refractivity contribution is 0.0958. The predicted molar refractivity (Wildman–Crippen MR) is 64.9 cm³/mol. The van der Waals surface area contributed by atoms with Gasteiger partial charge in [0.15, 0.2) is 0 Å². The van der Waals surface area contributed by atoms with E-state index in [0.717, 1.165) is 3.57 Å². The van der Waals surface area contributed by atoms with Gasteiger partial charge in [-0.25, -0.2) is 0 Å². The van der Waals surface area contributed by atoms with Gasteiger partial charge < -0.3 is 5.32 Å². The van der Waals surface area contributed by atoms with Gasteiger partial charge in [0.2, 0.25) is 0 Å². The van der Waals surface area contributed by atoms with Gasteiger partial charge in [-0.05, 0) is 53.8 Å². The number of benzene rings is 1. The van der Waals surface area contributed by atoms with E-state index in [1.165, 1.54) is 0 Å². The first-order valence-electron chi connectivity index (χ1n) is 4.17. The normalized spacial score (nSPS) is 8.71. The zero-order valence-electron chi connectivity index (χ0n) is 7.80. The average Bonchev–Trinajstić information content (AvgIpc) is 2.19. The number of halogens is 1. The molecule has 0 saturated heterocycles. The molecule has 0 aliphatic rings. The lowest BCUT2D eigenvalue weighted by Crippen LogP contribution is -2.23. The number of carbonyl (C=O) groups excluding carboxylic acids is 1. The van der Waals surface area contributed by atoms with Crippen LogP contribution < -0.4 is 5.32 Å². The fraction of sp³-hybridized carbons (Fsp3) is 0.182. The summed E-state index contributed by atoms with van der Waals surface area (Å²) >= 11 is 2.20. The number of rotatable bonds is 2. The molecule has 0 saturated carbocycles. The first-order chi connectivity index (χ1) is 6.74. The van der Waals surface area contributed by atoms with Crippen LogP contribution in [0.5, 0.6) is 0 Å². The lowest BCUT2D eigenvalue weighted by atomic mass is 10.2. The van der Waals surface area contributed by atoms with Crippen molar-refractivity contribution < 1.29 is 4.79 Å². The summed E-state index contributed by atoms with van der Waals surface area (Å²) in [7, 11) is 0. The van der Waals surface area contributed by atoms with Crippen LogP contribution in [0.3, 0.4) is 0 Å². The Balaban J connectivity index is 2.59. The van der Waals surface area contributed by atoms with Crippen molar-refractivity contribution in [3.8, 4) is 11.8 Å². The maximum atomic E-state index is 11.4. The fourth-order valence-corrected chi connectivity index (χ4v) is 1.28. The van der Waals surface area contributed by atoms with Crippen LogP contribution in [0.4, 0.5) is 0 Å². The Hall–Kier alpha value is -1.02. The van der Waals surface area contributed by atoms with Crippen molar-refractivity contribution in [2.45, 2.75) is 6.92 Å². The summed E-state index contributed by atoms with van der Waals surface area (Å²) in [6, 6.07) is 7.41. The third kappa shape index (κ3) is 3.38. The smallest absolute Gasteiger partial charge is 0.252 e. The number of amides is 1. The molecule has 1 aromatic carbocycles. The largest absolute Gasteiger partial charge is 0.341 e. The molecule has 0 aliphatic heterocycles. The Kier molecular flexibility index (Phi) is 4.47. The van der Waals surface area contributed by atoms with E-state index in [2.05, 4.69) is 39.7 Å². The van der Waals surface area contributed by atoms with E-state index in [1.807, 2.05) is 12.1 Å². The average molecular weight is 299 g/mol. The summed E-state index contributed by atoms with van der Waals surface area (Å²) in [6.45, 7) is 2.15. The minimum Gasteiger partial charge on any atom is -0.341 e. The fourth-order valence-electron chi connectivity index (χ4n) is 0.916. The molecule has 1 rings (SSSR count). The molecule has 72 valence electrons. The Labute approximate surface area is 97.2 Å². The highest BCUT2D eigenvalue weighted by molar-refractivity contribution is 14.1. The van der Waals surface area contributed by atoms with Crippen molar-refractivity contribution in [3.05, 3.63) is 33.4 Å². The molecule has 1 amide bonds. The van der Waals surface area contributed by atoms with Gasteiger partial charge in [0.25, 0.3) is 5.91 Å². The predicted octanol–water partition coefficient (Wildman–Crippen LogP) is 2.04. The van der Waals surface area contributed by atoms with Crippen LogP contribution in [0.2, 0.25) is 0 Å². The van der Waals surface area contributed by atoms with Crippen LogP contribution in [0.15, 0.2) is 24.3 Å². The summed E-state index contributed by atoms with van der Waals surface area (Å²) in [5, 5.41) is 2.70. The van der Waals surface area contributed by atoms with Gasteiger partial charge in [0.1, 0.15) is 0 Å². The van der Waals surface area contributed by atoms with Crippen LogP contribution in [-0.2, 0) is 0 Å². The molecule has 1 aromatic rings. The van der Waals surface area contributed by atoms with Crippen molar-refractivity contribution in [3.63, 3.8) is 0 Å². The third-order valence-corrected chi connectivity index (χ3v) is 2.34. The number of hydrogen-bond acceptors (Lipinski definition) is 1. The van der Waals surface area contributed by atoms with Gasteiger partial charge in [-0.3, -0.25) is 4.79 Å². The van der Waals surface area contributed by atoms with Crippen molar-refractivity contribution in [2.75, 3.05) is 6.54 Å². The van der Waals surface area contributed by atoms with Gasteiger partial charge in [0, 0.05) is 9.13 Å². The van der Waals surface area contributed by atoms with Crippen LogP contribution in [0.25, 0.3) is 0 Å². The van der Waals surface area contributed by atoms with E-state index in [1.54, 1.807) is 19.1 Å². The van der Waals surface area contributed by atoms with E-state index < -0.39 is 0 Å². The van der Waals surface area contributed by atoms with Gasteiger partial charge in [-0.2, -0.15) is 0 Å². The summed E-state index contributed by atoms with van der Waals surface area (Å²) < 4.78 is 1.12. The zero-order chi connectivity index (χ0) is 10.4. The molecule has 0 unspecified atom stereocenters. The Morgan fingerprint density at radius 3 is 2.64 bits per heavy atom. The highest BCUT2D eigenvalue weighted by Gasteiger charge is 2.02. The third-order valence-electron chi connectivity index (χ3n) is 1.62. The number of nitrogens with one attached hydrogen (secondary N) is 1. The summed E-state index contributed by atoms with van der Waals surface area (Å²) in [6.07, 6.45) is 0. The van der Waals surface area contributed by atoms with Crippen molar-refractivity contribution >= 4 is 28.5 Å². The topological polar surface area (TPSA) is 29.1 Å². The second-order valence-electron chi connectivity index (χ2n) is 2.62. The van der Waals surface area contributed by atoms with E-state index >= 15 is 0 Å². The molecule has 0 aliphatic carbocycles. The monoisotopic (exact) mass is 299 g/mol. The second-order valence-corrected chi connectivity index (χ2v) is 3.86. The molecule has 14 heavy (non-hydrogen) atoms. The Bertz CT molecular complexity index is 373. The minimum absolute atomic E-state index is 0.0795. The Morgan fingerprint density at radius 2 is 2.07 bits per heavy atom. The van der Waals surface area contributed by atoms with E-state index in [9.17, 15) is 4.79 Å². The zero-order valence-corrected chi connectivity index (χ0v) is 9.96. The maximum absolute atomic E-state index is 11.4. The molecule has 0 aromatic heterocycles. The van der Waals surface area contributed by atoms with Crippen molar-refractivity contribution in [2.24, 2.45) is 0 Å². The molecular formula is C11H10INO. The molecule has 0 heterocycles. The van der Waals surface area contributed by atoms with Gasteiger partial charge in [-0.15, -0.1) is 5.92 Å². The molecule has 3 heteroatoms. The first-order valence-corrected chi connectivity index (χ1v) is 5.25. The first kappa shape index (κ1) is 11.1. The molecule has 0 fully saturated rings. The summed E-state index contributed by atoms with van der Waals surface area (Å²) in [5.41, 5.74) is 0.670. The Morgan fingerprint density at radius 1 is 1.43 bits per heavy atom. The van der Waals surface area contributed by atoms with Gasteiger partial charge >= 0.3 is 0 Å². The van der Waals surface area contributed by atoms with E-state index in [-0.39, 0.29) is 5.91 Å². The van der Waals surface area contributed by atoms with Crippen LogP contribution in [0, 0.1) is 15.4 Å². The standard InChI is InChI=1S/C11H10INO/c1-2-3-8-13-11(14)9-4-6-10(12)7-5-9/h4-7H,8H2,1H3,(H,13,14). The van der Waals surface area contributed by atoms with Gasteiger partial charge in [-0.1, -0.05) is 5.92 Å². The van der Waals surface area contributed by atoms with Crippen LogP contribution in [-0.4, -0.2) is 12.5 Å². The van der Waals surface area contributed by atoms with E-state index in [0.29, 0.717) is 12.1 Å². The lowest BCUT2D eigenvalue weighted by Gasteiger charge is -2.00. The van der Waals surface area contributed by atoms with Crippen LogP contribution in [0.1, 0.15) is 17.3 Å². The molecule has 0 radical (unpaired) electrons. The molecule has 0 bridgehead atoms. The molecule has 2 nitrogen and oxygen atoms in total. The SMILES string of the molecule is CC#CCNC(=O)c1ccc(I)cc1. The highest BCUT2D eigenvalue weighted by Crippen LogP contribution is 2.06. The van der Waals surface area contributed by atoms with Crippen molar-refractivity contribution in [1.29, 1.82) is 0 Å².